The molecule has 0 heterocycles. The largest absolute Gasteiger partial charge is 0.508 e. The zero-order valence-corrected chi connectivity index (χ0v) is 14.2. The van der Waals surface area contributed by atoms with Crippen LogP contribution in [0, 0.1) is 0 Å². The third-order valence-corrected chi connectivity index (χ3v) is 4.34. The standard InChI is InChI=1S/C20H34O/c1-3-5-6-7-8-9-10-11-12-13-14-18-15-16-20(21)19(4-2)17-18/h15-17,21H,3-14H2,1-2H3. The van der Waals surface area contributed by atoms with Gasteiger partial charge in [0.15, 0.2) is 0 Å². The molecule has 1 N–H and O–H groups in total. The van der Waals surface area contributed by atoms with E-state index in [9.17, 15) is 5.11 Å². The fourth-order valence-electron chi connectivity index (χ4n) is 2.89. The number of hydrogen-bond donors (Lipinski definition) is 1. The van der Waals surface area contributed by atoms with Gasteiger partial charge >= 0.3 is 0 Å². The van der Waals surface area contributed by atoms with Gasteiger partial charge in [-0.1, -0.05) is 83.8 Å². The maximum Gasteiger partial charge on any atom is 0.118 e. The van der Waals surface area contributed by atoms with Crippen LogP contribution in [0.4, 0.5) is 0 Å². The molecule has 120 valence electrons. The van der Waals surface area contributed by atoms with Crippen LogP contribution in [0.3, 0.4) is 0 Å². The van der Waals surface area contributed by atoms with Crippen LogP contribution in [0.2, 0.25) is 0 Å². The average Bonchev–Trinajstić information content (AvgIpc) is 2.50. The highest BCUT2D eigenvalue weighted by molar-refractivity contribution is 5.36. The van der Waals surface area contributed by atoms with Crippen molar-refractivity contribution in [1.82, 2.24) is 0 Å². The van der Waals surface area contributed by atoms with Crippen LogP contribution in [-0.2, 0) is 12.8 Å². The van der Waals surface area contributed by atoms with Gasteiger partial charge in [0.2, 0.25) is 0 Å². The molecule has 0 saturated carbocycles. The first-order valence-corrected chi connectivity index (χ1v) is 9.08. The Morgan fingerprint density at radius 3 is 1.90 bits per heavy atom. The van der Waals surface area contributed by atoms with Crippen molar-refractivity contribution >= 4 is 0 Å². The summed E-state index contributed by atoms with van der Waals surface area (Å²) >= 11 is 0. The molecular weight excluding hydrogens is 256 g/mol. The minimum Gasteiger partial charge on any atom is -0.508 e. The van der Waals surface area contributed by atoms with Gasteiger partial charge in [0.25, 0.3) is 0 Å². The Morgan fingerprint density at radius 2 is 1.33 bits per heavy atom. The Kier molecular flexibility index (Phi) is 10.0. The third kappa shape index (κ3) is 8.14. The zero-order chi connectivity index (χ0) is 15.3. The summed E-state index contributed by atoms with van der Waals surface area (Å²) in [6.07, 6.45) is 15.9. The molecule has 1 aromatic rings. The Hall–Kier alpha value is -0.980. The Morgan fingerprint density at radius 1 is 0.762 bits per heavy atom. The fraction of sp³-hybridized carbons (Fsp3) is 0.700. The van der Waals surface area contributed by atoms with Crippen molar-refractivity contribution in [3.05, 3.63) is 29.3 Å². The minimum atomic E-state index is 0.448. The lowest BCUT2D eigenvalue weighted by Gasteiger charge is -2.06. The second-order valence-electron chi connectivity index (χ2n) is 6.25. The second-order valence-corrected chi connectivity index (χ2v) is 6.25. The summed E-state index contributed by atoms with van der Waals surface area (Å²) in [5.41, 5.74) is 2.46. The summed E-state index contributed by atoms with van der Waals surface area (Å²) in [4.78, 5) is 0. The quantitative estimate of drug-likeness (QED) is 0.440. The molecule has 1 nitrogen and oxygen atoms in total. The van der Waals surface area contributed by atoms with E-state index in [0.717, 1.165) is 18.4 Å². The van der Waals surface area contributed by atoms with Gasteiger partial charge in [0.1, 0.15) is 5.75 Å². The van der Waals surface area contributed by atoms with Gasteiger partial charge in [-0.3, -0.25) is 0 Å². The van der Waals surface area contributed by atoms with Crippen molar-refractivity contribution in [2.24, 2.45) is 0 Å². The van der Waals surface area contributed by atoms with E-state index in [1.54, 1.807) is 0 Å². The molecule has 0 aromatic heterocycles. The van der Waals surface area contributed by atoms with Crippen LogP contribution < -0.4 is 0 Å². The molecule has 0 bridgehead atoms. The van der Waals surface area contributed by atoms with Crippen molar-refractivity contribution in [1.29, 1.82) is 0 Å². The highest BCUT2D eigenvalue weighted by Gasteiger charge is 2.01. The number of aromatic hydroxyl groups is 1. The number of unbranched alkanes of at least 4 members (excludes halogenated alkanes) is 9. The lowest BCUT2D eigenvalue weighted by molar-refractivity contribution is 0.468. The molecule has 0 atom stereocenters. The molecule has 0 aliphatic rings. The van der Waals surface area contributed by atoms with Crippen molar-refractivity contribution in [3.8, 4) is 5.75 Å². The number of benzene rings is 1. The number of rotatable bonds is 12. The minimum absolute atomic E-state index is 0.448. The molecule has 0 saturated heterocycles. The van der Waals surface area contributed by atoms with E-state index in [2.05, 4.69) is 26.0 Å². The molecule has 0 aliphatic heterocycles. The predicted octanol–water partition coefficient (Wildman–Crippen LogP) is 6.42. The number of aryl methyl sites for hydroxylation is 2. The first kappa shape index (κ1) is 18.1. The Balaban J connectivity index is 2.01. The van der Waals surface area contributed by atoms with E-state index in [-0.39, 0.29) is 0 Å². The van der Waals surface area contributed by atoms with Gasteiger partial charge < -0.3 is 5.11 Å². The number of phenols is 1. The van der Waals surface area contributed by atoms with Crippen molar-refractivity contribution < 1.29 is 5.11 Å². The van der Waals surface area contributed by atoms with Crippen molar-refractivity contribution in [2.75, 3.05) is 0 Å². The highest BCUT2D eigenvalue weighted by atomic mass is 16.3. The Bertz CT molecular complexity index is 370. The monoisotopic (exact) mass is 290 g/mol. The third-order valence-electron chi connectivity index (χ3n) is 4.34. The highest BCUT2D eigenvalue weighted by Crippen LogP contribution is 2.20. The summed E-state index contributed by atoms with van der Waals surface area (Å²) in [5, 5.41) is 9.68. The van der Waals surface area contributed by atoms with Crippen LogP contribution >= 0.6 is 0 Å². The summed E-state index contributed by atoms with van der Waals surface area (Å²) < 4.78 is 0. The molecular formula is C20H34O. The zero-order valence-electron chi connectivity index (χ0n) is 14.2. The summed E-state index contributed by atoms with van der Waals surface area (Å²) in [5.74, 6) is 0.448. The van der Waals surface area contributed by atoms with Crippen LogP contribution in [0.1, 0.15) is 89.2 Å². The van der Waals surface area contributed by atoms with E-state index >= 15 is 0 Å². The van der Waals surface area contributed by atoms with Gasteiger partial charge in [0.05, 0.1) is 0 Å². The molecule has 1 aromatic carbocycles. The molecule has 21 heavy (non-hydrogen) atoms. The summed E-state index contributed by atoms with van der Waals surface area (Å²) in [7, 11) is 0. The molecule has 0 unspecified atom stereocenters. The molecule has 1 heteroatoms. The molecule has 0 fully saturated rings. The van der Waals surface area contributed by atoms with E-state index in [0.29, 0.717) is 5.75 Å². The number of phenolic OH excluding ortho intramolecular Hbond substituents is 1. The lowest BCUT2D eigenvalue weighted by Crippen LogP contribution is -1.90. The van der Waals surface area contributed by atoms with Crippen molar-refractivity contribution in [3.63, 3.8) is 0 Å². The second kappa shape index (κ2) is 11.7. The predicted molar refractivity (Wildman–Crippen MR) is 93.0 cm³/mol. The average molecular weight is 290 g/mol. The molecule has 1 rings (SSSR count). The fourth-order valence-corrected chi connectivity index (χ4v) is 2.89. The summed E-state index contributed by atoms with van der Waals surface area (Å²) in [6, 6.07) is 6.09. The summed E-state index contributed by atoms with van der Waals surface area (Å²) in [6.45, 7) is 4.37. The molecule has 0 spiro atoms. The van der Waals surface area contributed by atoms with Gasteiger partial charge in [-0.25, -0.2) is 0 Å². The number of hydrogen-bond acceptors (Lipinski definition) is 1. The van der Waals surface area contributed by atoms with E-state index < -0.39 is 0 Å². The first-order chi connectivity index (χ1) is 10.3. The topological polar surface area (TPSA) is 20.2 Å². The van der Waals surface area contributed by atoms with Gasteiger partial charge in [-0.15, -0.1) is 0 Å². The molecule has 0 aliphatic carbocycles. The Labute approximate surface area is 131 Å². The van der Waals surface area contributed by atoms with Gasteiger partial charge in [0, 0.05) is 0 Å². The van der Waals surface area contributed by atoms with Crippen LogP contribution in [0.25, 0.3) is 0 Å². The first-order valence-electron chi connectivity index (χ1n) is 9.08. The maximum absolute atomic E-state index is 9.68. The van der Waals surface area contributed by atoms with Crippen LogP contribution in [-0.4, -0.2) is 5.11 Å². The van der Waals surface area contributed by atoms with Crippen LogP contribution in [0.15, 0.2) is 18.2 Å². The SMILES string of the molecule is CCCCCCCCCCCCc1ccc(O)c(CC)c1. The smallest absolute Gasteiger partial charge is 0.118 e. The maximum atomic E-state index is 9.68. The molecule has 0 radical (unpaired) electrons. The van der Waals surface area contributed by atoms with E-state index in [1.165, 1.54) is 69.8 Å². The normalized spacial score (nSPS) is 11.0. The van der Waals surface area contributed by atoms with E-state index in [1.807, 2.05) is 6.07 Å². The van der Waals surface area contributed by atoms with Gasteiger partial charge in [-0.05, 0) is 36.5 Å². The van der Waals surface area contributed by atoms with Crippen LogP contribution in [0.5, 0.6) is 5.75 Å². The van der Waals surface area contributed by atoms with Crippen molar-refractivity contribution in [2.45, 2.75) is 90.9 Å². The van der Waals surface area contributed by atoms with Gasteiger partial charge in [-0.2, -0.15) is 0 Å². The lowest BCUT2D eigenvalue weighted by atomic mass is 10.0. The molecule has 0 amide bonds. The van der Waals surface area contributed by atoms with E-state index in [4.69, 9.17) is 0 Å².